The zero-order valence-corrected chi connectivity index (χ0v) is 15.6. The number of aliphatic hydroxyl groups excluding tert-OH is 1. The van der Waals surface area contributed by atoms with Crippen LogP contribution in [0.25, 0.3) is 0 Å². The van der Waals surface area contributed by atoms with Gasteiger partial charge in [0, 0.05) is 30.4 Å². The molecule has 0 spiro atoms. The lowest BCUT2D eigenvalue weighted by molar-refractivity contribution is 0.0858. The van der Waals surface area contributed by atoms with E-state index in [1.807, 2.05) is 13.8 Å². The number of carbonyl (C=O) groups is 1. The van der Waals surface area contributed by atoms with Gasteiger partial charge in [-0.3, -0.25) is 4.79 Å². The number of aromatic nitrogens is 2. The maximum atomic E-state index is 12.4. The number of hydrogen-bond donors (Lipinski definition) is 2. The van der Waals surface area contributed by atoms with Gasteiger partial charge in [0.2, 0.25) is 5.82 Å². The molecule has 1 fully saturated rings. The van der Waals surface area contributed by atoms with E-state index in [1.54, 1.807) is 13.8 Å². The van der Waals surface area contributed by atoms with Crippen molar-refractivity contribution in [2.24, 2.45) is 0 Å². The van der Waals surface area contributed by atoms with Gasteiger partial charge < -0.3 is 20.2 Å². The van der Waals surface area contributed by atoms with Gasteiger partial charge in [-0.05, 0) is 48.2 Å². The molecule has 2 heterocycles. The van der Waals surface area contributed by atoms with Crippen LogP contribution in [-0.4, -0.2) is 71.3 Å². The Morgan fingerprint density at radius 3 is 2.58 bits per heavy atom. The van der Waals surface area contributed by atoms with Crippen LogP contribution in [0.1, 0.15) is 42.1 Å². The highest BCUT2D eigenvalue weighted by atomic mass is 16.3. The summed E-state index contributed by atoms with van der Waals surface area (Å²) in [6.07, 6.45) is 1.08. The highest BCUT2D eigenvalue weighted by Gasteiger charge is 2.28. The average molecular weight is 335 g/mol. The first-order valence-electron chi connectivity index (χ1n) is 8.34. The molecule has 1 saturated heterocycles. The Balaban J connectivity index is 2.27. The van der Waals surface area contributed by atoms with Crippen LogP contribution in [-0.2, 0) is 0 Å². The predicted octanol–water partition coefficient (Wildman–Crippen LogP) is 0.734. The maximum absolute atomic E-state index is 12.4. The first-order valence-corrected chi connectivity index (χ1v) is 8.34. The summed E-state index contributed by atoms with van der Waals surface area (Å²) in [7, 11) is 4.17. The number of anilines is 1. The van der Waals surface area contributed by atoms with E-state index in [0.29, 0.717) is 6.04 Å². The number of aliphatic hydroxyl groups is 1. The lowest BCUT2D eigenvalue weighted by Gasteiger charge is -2.25. The summed E-state index contributed by atoms with van der Waals surface area (Å²) in [6.45, 7) is 9.08. The van der Waals surface area contributed by atoms with Crippen molar-refractivity contribution in [2.75, 3.05) is 38.7 Å². The molecule has 24 heavy (non-hydrogen) atoms. The minimum Gasteiger partial charge on any atom is -0.394 e. The van der Waals surface area contributed by atoms with Gasteiger partial charge in [-0.25, -0.2) is 9.97 Å². The van der Waals surface area contributed by atoms with Gasteiger partial charge >= 0.3 is 0 Å². The SMILES string of the molecule is Cc1nc(C(=O)NC(C)(C)CO)nc(N2CC[C@@H](N(C)C)C2)c1C. The highest BCUT2D eigenvalue weighted by Crippen LogP contribution is 2.25. The summed E-state index contributed by atoms with van der Waals surface area (Å²) in [4.78, 5) is 25.8. The van der Waals surface area contributed by atoms with Gasteiger partial charge in [-0.15, -0.1) is 0 Å². The molecule has 2 N–H and O–H groups in total. The second-order valence-corrected chi connectivity index (χ2v) is 7.43. The molecule has 0 bridgehead atoms. The van der Waals surface area contributed by atoms with Gasteiger partial charge in [-0.2, -0.15) is 0 Å². The van der Waals surface area contributed by atoms with Crippen molar-refractivity contribution in [2.45, 2.75) is 45.7 Å². The summed E-state index contributed by atoms with van der Waals surface area (Å²) in [5, 5.41) is 12.1. The molecule has 7 nitrogen and oxygen atoms in total. The first-order chi connectivity index (χ1) is 11.1. The Labute approximate surface area is 144 Å². The molecule has 0 unspecified atom stereocenters. The Morgan fingerprint density at radius 1 is 1.38 bits per heavy atom. The second-order valence-electron chi connectivity index (χ2n) is 7.43. The van der Waals surface area contributed by atoms with Crippen molar-refractivity contribution in [3.8, 4) is 0 Å². The zero-order valence-electron chi connectivity index (χ0n) is 15.6. The third-order valence-electron chi connectivity index (χ3n) is 4.61. The third kappa shape index (κ3) is 4.02. The summed E-state index contributed by atoms with van der Waals surface area (Å²) in [5.41, 5.74) is 1.11. The molecule has 1 amide bonds. The Morgan fingerprint density at radius 2 is 2.04 bits per heavy atom. The summed E-state index contributed by atoms with van der Waals surface area (Å²) < 4.78 is 0. The van der Waals surface area contributed by atoms with E-state index in [1.165, 1.54) is 0 Å². The maximum Gasteiger partial charge on any atom is 0.289 e. The standard InChI is InChI=1S/C17H29N5O2/c1-11-12(2)18-14(16(24)20-17(3,4)10-23)19-15(11)22-8-7-13(9-22)21(5)6/h13,23H,7-10H2,1-6H3,(H,20,24)/t13-/m1/s1. The van der Waals surface area contributed by atoms with E-state index in [2.05, 4.69) is 39.2 Å². The number of rotatable bonds is 5. The molecule has 1 atom stereocenters. The van der Waals surface area contributed by atoms with Crippen LogP contribution in [0.4, 0.5) is 5.82 Å². The zero-order chi connectivity index (χ0) is 18.1. The lowest BCUT2D eigenvalue weighted by Crippen LogP contribution is -2.47. The van der Waals surface area contributed by atoms with Crippen LogP contribution in [0.5, 0.6) is 0 Å². The fourth-order valence-electron chi connectivity index (χ4n) is 2.78. The van der Waals surface area contributed by atoms with E-state index in [0.717, 1.165) is 36.6 Å². The van der Waals surface area contributed by atoms with Crippen molar-refractivity contribution in [3.63, 3.8) is 0 Å². The van der Waals surface area contributed by atoms with Crippen LogP contribution < -0.4 is 10.2 Å². The van der Waals surface area contributed by atoms with Crippen molar-refractivity contribution < 1.29 is 9.90 Å². The van der Waals surface area contributed by atoms with Crippen molar-refractivity contribution in [1.82, 2.24) is 20.2 Å². The Hall–Kier alpha value is -1.73. The number of hydrogen-bond acceptors (Lipinski definition) is 6. The minimum atomic E-state index is -0.705. The molecule has 1 aliphatic rings. The van der Waals surface area contributed by atoms with Gasteiger partial charge in [-0.1, -0.05) is 0 Å². The molecule has 0 aromatic carbocycles. The van der Waals surface area contributed by atoms with Gasteiger partial charge in [0.15, 0.2) is 0 Å². The van der Waals surface area contributed by atoms with Crippen LogP contribution in [0.3, 0.4) is 0 Å². The number of amides is 1. The molecule has 134 valence electrons. The quantitative estimate of drug-likeness (QED) is 0.826. The normalized spacial score (nSPS) is 18.3. The molecular formula is C17H29N5O2. The summed E-state index contributed by atoms with van der Waals surface area (Å²) >= 11 is 0. The Kier molecular flexibility index (Phi) is 5.45. The van der Waals surface area contributed by atoms with E-state index in [9.17, 15) is 9.90 Å². The molecule has 2 rings (SSSR count). The molecule has 7 heteroatoms. The molecule has 1 aromatic heterocycles. The smallest absolute Gasteiger partial charge is 0.289 e. The van der Waals surface area contributed by atoms with E-state index in [4.69, 9.17) is 0 Å². The third-order valence-corrected chi connectivity index (χ3v) is 4.61. The van der Waals surface area contributed by atoms with E-state index < -0.39 is 5.54 Å². The Bertz CT molecular complexity index is 615. The van der Waals surface area contributed by atoms with Crippen LogP contribution >= 0.6 is 0 Å². The summed E-state index contributed by atoms with van der Waals surface area (Å²) in [5.74, 6) is 0.628. The van der Waals surface area contributed by atoms with Crippen LogP contribution in [0.15, 0.2) is 0 Å². The largest absolute Gasteiger partial charge is 0.394 e. The van der Waals surface area contributed by atoms with Gasteiger partial charge in [0.25, 0.3) is 5.91 Å². The number of nitrogens with zero attached hydrogens (tertiary/aromatic N) is 4. The highest BCUT2D eigenvalue weighted by molar-refractivity contribution is 5.91. The van der Waals surface area contributed by atoms with Gasteiger partial charge in [0.1, 0.15) is 5.82 Å². The fraction of sp³-hybridized carbons (Fsp3) is 0.706. The van der Waals surface area contributed by atoms with Crippen LogP contribution in [0.2, 0.25) is 0 Å². The lowest BCUT2D eigenvalue weighted by atomic mass is 10.1. The fourth-order valence-corrected chi connectivity index (χ4v) is 2.78. The second kappa shape index (κ2) is 7.03. The number of aryl methyl sites for hydroxylation is 1. The molecule has 0 saturated carbocycles. The minimum absolute atomic E-state index is 0.146. The van der Waals surface area contributed by atoms with Gasteiger partial charge in [0.05, 0.1) is 12.1 Å². The summed E-state index contributed by atoms with van der Waals surface area (Å²) in [6, 6.07) is 0.491. The predicted molar refractivity (Wildman–Crippen MR) is 94.4 cm³/mol. The number of carbonyl (C=O) groups excluding carboxylic acids is 1. The van der Waals surface area contributed by atoms with E-state index >= 15 is 0 Å². The van der Waals surface area contributed by atoms with Crippen molar-refractivity contribution >= 4 is 11.7 Å². The topological polar surface area (TPSA) is 81.6 Å². The van der Waals surface area contributed by atoms with Crippen LogP contribution in [0, 0.1) is 13.8 Å². The van der Waals surface area contributed by atoms with Crippen molar-refractivity contribution in [1.29, 1.82) is 0 Å². The molecule has 0 radical (unpaired) electrons. The number of likely N-dealkylation sites (N-methyl/N-ethyl adjacent to an activating group) is 1. The van der Waals surface area contributed by atoms with E-state index in [-0.39, 0.29) is 18.3 Å². The first kappa shape index (κ1) is 18.6. The number of nitrogens with one attached hydrogen (secondary N) is 1. The molecule has 1 aromatic rings. The molecule has 1 aliphatic heterocycles. The average Bonchev–Trinajstić information content (AvgIpc) is 2.99. The monoisotopic (exact) mass is 335 g/mol. The van der Waals surface area contributed by atoms with Crippen molar-refractivity contribution in [3.05, 3.63) is 17.1 Å². The molecule has 0 aliphatic carbocycles. The molecular weight excluding hydrogens is 306 g/mol.